The number of carbonyl (C=O) groups is 1. The van der Waals surface area contributed by atoms with Crippen LogP contribution in [0.25, 0.3) is 0 Å². The van der Waals surface area contributed by atoms with Crippen LogP contribution in [0, 0.1) is 0 Å². The molecule has 0 aromatic carbocycles. The average Bonchev–Trinajstić information content (AvgIpc) is 2.30. The molecule has 2 fully saturated rings. The normalized spacial score (nSPS) is 39.9. The van der Waals surface area contributed by atoms with Gasteiger partial charge in [0.25, 0.3) is 0 Å². The van der Waals surface area contributed by atoms with Crippen LogP contribution < -0.4 is 5.32 Å². The maximum absolute atomic E-state index is 11.1. The summed E-state index contributed by atoms with van der Waals surface area (Å²) < 4.78 is 0. The first-order valence-corrected chi connectivity index (χ1v) is 3.75. The lowest BCUT2D eigenvalue weighted by Gasteiger charge is -2.42. The summed E-state index contributed by atoms with van der Waals surface area (Å²) in [5.41, 5.74) is -0.0833. The molecule has 1 N–H and O–H groups in total. The van der Waals surface area contributed by atoms with Gasteiger partial charge in [0.1, 0.15) is 5.54 Å². The zero-order chi connectivity index (χ0) is 7.19. The molecular formula is C7H12N2O. The van der Waals surface area contributed by atoms with Gasteiger partial charge in [0, 0.05) is 6.54 Å². The number of β-lactam (4-membered cyclic amide) rings is 1. The number of hydrogen-bond acceptors (Lipinski definition) is 2. The highest BCUT2D eigenvalue weighted by Gasteiger charge is 2.51. The van der Waals surface area contributed by atoms with Crippen LogP contribution in [-0.4, -0.2) is 36.5 Å². The molecule has 0 bridgehead atoms. The number of likely N-dealkylation sites (tertiary alicyclic amines) is 1. The number of carbonyl (C=O) groups excluding carboxylic acids is 1. The van der Waals surface area contributed by atoms with Gasteiger partial charge in [-0.1, -0.05) is 0 Å². The first-order chi connectivity index (χ1) is 4.76. The predicted octanol–water partition coefficient (Wildman–Crippen LogP) is -0.419. The molecule has 10 heavy (non-hydrogen) atoms. The van der Waals surface area contributed by atoms with E-state index in [2.05, 4.69) is 10.2 Å². The molecule has 2 saturated heterocycles. The van der Waals surface area contributed by atoms with Crippen LogP contribution in [0.15, 0.2) is 0 Å². The molecule has 2 heterocycles. The predicted molar refractivity (Wildman–Crippen MR) is 37.6 cm³/mol. The SMILES string of the molecule is CN1CCCC12CNC2=O. The van der Waals surface area contributed by atoms with E-state index in [1.807, 2.05) is 7.05 Å². The van der Waals surface area contributed by atoms with E-state index in [9.17, 15) is 4.79 Å². The van der Waals surface area contributed by atoms with Crippen LogP contribution in [-0.2, 0) is 4.79 Å². The summed E-state index contributed by atoms with van der Waals surface area (Å²) in [5, 5.41) is 2.79. The Hall–Kier alpha value is -0.570. The van der Waals surface area contributed by atoms with Gasteiger partial charge < -0.3 is 5.32 Å². The van der Waals surface area contributed by atoms with Crippen LogP contribution in [0.4, 0.5) is 0 Å². The van der Waals surface area contributed by atoms with Gasteiger partial charge in [-0.25, -0.2) is 0 Å². The van der Waals surface area contributed by atoms with E-state index >= 15 is 0 Å². The molecule has 56 valence electrons. The van der Waals surface area contributed by atoms with Crippen molar-refractivity contribution in [1.82, 2.24) is 10.2 Å². The van der Waals surface area contributed by atoms with Gasteiger partial charge in [-0.2, -0.15) is 0 Å². The number of hydrogen-bond donors (Lipinski definition) is 1. The number of nitrogens with one attached hydrogen (secondary N) is 1. The zero-order valence-corrected chi connectivity index (χ0v) is 6.18. The molecule has 1 unspecified atom stereocenters. The molecule has 1 atom stereocenters. The van der Waals surface area contributed by atoms with Gasteiger partial charge in [0.15, 0.2) is 0 Å². The monoisotopic (exact) mass is 140 g/mol. The van der Waals surface area contributed by atoms with E-state index in [1.165, 1.54) is 6.42 Å². The summed E-state index contributed by atoms with van der Waals surface area (Å²) in [6, 6.07) is 0. The second kappa shape index (κ2) is 1.72. The van der Waals surface area contributed by atoms with Crippen molar-refractivity contribution in [2.75, 3.05) is 20.1 Å². The fraction of sp³-hybridized carbons (Fsp3) is 0.857. The van der Waals surface area contributed by atoms with Gasteiger partial charge in [-0.3, -0.25) is 9.69 Å². The van der Waals surface area contributed by atoms with Gasteiger partial charge in [0.2, 0.25) is 5.91 Å². The van der Waals surface area contributed by atoms with Crippen LogP contribution in [0.2, 0.25) is 0 Å². The van der Waals surface area contributed by atoms with Crippen molar-refractivity contribution in [3.8, 4) is 0 Å². The largest absolute Gasteiger partial charge is 0.352 e. The molecule has 0 aromatic heterocycles. The van der Waals surface area contributed by atoms with Crippen molar-refractivity contribution in [3.05, 3.63) is 0 Å². The van der Waals surface area contributed by atoms with Crippen molar-refractivity contribution >= 4 is 5.91 Å². The van der Waals surface area contributed by atoms with Gasteiger partial charge >= 0.3 is 0 Å². The Bertz CT molecular complexity index is 180. The first-order valence-electron chi connectivity index (χ1n) is 3.75. The minimum Gasteiger partial charge on any atom is -0.352 e. The van der Waals surface area contributed by atoms with E-state index < -0.39 is 0 Å². The summed E-state index contributed by atoms with van der Waals surface area (Å²) in [6.07, 6.45) is 2.22. The molecule has 0 radical (unpaired) electrons. The van der Waals surface area contributed by atoms with Gasteiger partial charge in [-0.05, 0) is 26.4 Å². The summed E-state index contributed by atoms with van der Waals surface area (Å²) in [5.74, 6) is 0.229. The molecule has 2 aliphatic heterocycles. The van der Waals surface area contributed by atoms with E-state index in [1.54, 1.807) is 0 Å². The maximum Gasteiger partial charge on any atom is 0.242 e. The van der Waals surface area contributed by atoms with Crippen LogP contribution in [0.3, 0.4) is 0 Å². The van der Waals surface area contributed by atoms with E-state index in [0.717, 1.165) is 19.5 Å². The number of amides is 1. The molecule has 3 heteroatoms. The lowest BCUT2D eigenvalue weighted by atomic mass is 9.89. The zero-order valence-electron chi connectivity index (χ0n) is 6.18. The maximum atomic E-state index is 11.1. The van der Waals surface area contributed by atoms with Crippen molar-refractivity contribution in [2.24, 2.45) is 0 Å². The topological polar surface area (TPSA) is 32.3 Å². The Morgan fingerprint density at radius 3 is 2.70 bits per heavy atom. The molecule has 0 aliphatic carbocycles. The quantitative estimate of drug-likeness (QED) is 0.463. The Balaban J connectivity index is 2.21. The minimum absolute atomic E-state index is 0.0833. The highest BCUT2D eigenvalue weighted by Crippen LogP contribution is 2.31. The third-order valence-electron chi connectivity index (χ3n) is 2.78. The molecule has 1 amide bonds. The Kier molecular flexibility index (Phi) is 1.06. The van der Waals surface area contributed by atoms with Gasteiger partial charge in [-0.15, -0.1) is 0 Å². The number of rotatable bonds is 0. The molecule has 2 aliphatic rings. The van der Waals surface area contributed by atoms with Crippen molar-refractivity contribution in [2.45, 2.75) is 18.4 Å². The van der Waals surface area contributed by atoms with E-state index in [-0.39, 0.29) is 11.4 Å². The molecule has 0 saturated carbocycles. The number of likely N-dealkylation sites (N-methyl/N-ethyl adjacent to an activating group) is 1. The second-order valence-electron chi connectivity index (χ2n) is 3.24. The van der Waals surface area contributed by atoms with Crippen molar-refractivity contribution < 1.29 is 4.79 Å². The third-order valence-corrected chi connectivity index (χ3v) is 2.78. The van der Waals surface area contributed by atoms with Crippen LogP contribution in [0.5, 0.6) is 0 Å². The Morgan fingerprint density at radius 2 is 2.50 bits per heavy atom. The van der Waals surface area contributed by atoms with E-state index in [4.69, 9.17) is 0 Å². The highest BCUT2D eigenvalue weighted by atomic mass is 16.2. The summed E-state index contributed by atoms with van der Waals surface area (Å²) >= 11 is 0. The summed E-state index contributed by atoms with van der Waals surface area (Å²) in [7, 11) is 2.03. The number of nitrogens with zero attached hydrogens (tertiary/aromatic N) is 1. The average molecular weight is 140 g/mol. The standard InChI is InChI=1S/C7H12N2O/c1-9-4-2-3-7(9)5-8-6(7)10/h2-5H2,1H3,(H,8,10). The highest BCUT2D eigenvalue weighted by molar-refractivity contribution is 5.92. The lowest BCUT2D eigenvalue weighted by Crippen LogP contribution is -2.69. The minimum atomic E-state index is -0.0833. The fourth-order valence-corrected chi connectivity index (χ4v) is 1.89. The van der Waals surface area contributed by atoms with Crippen LogP contribution >= 0.6 is 0 Å². The summed E-state index contributed by atoms with van der Waals surface area (Å²) in [6.45, 7) is 1.94. The Labute approximate surface area is 60.4 Å². The molecular weight excluding hydrogens is 128 g/mol. The summed E-state index contributed by atoms with van der Waals surface area (Å²) in [4.78, 5) is 13.3. The van der Waals surface area contributed by atoms with Crippen molar-refractivity contribution in [1.29, 1.82) is 0 Å². The molecule has 3 nitrogen and oxygen atoms in total. The molecule has 0 aromatic rings. The molecule has 2 rings (SSSR count). The van der Waals surface area contributed by atoms with E-state index in [0.29, 0.717) is 0 Å². The second-order valence-corrected chi connectivity index (χ2v) is 3.24. The third kappa shape index (κ3) is 0.515. The Morgan fingerprint density at radius 1 is 1.70 bits per heavy atom. The van der Waals surface area contributed by atoms with Crippen molar-refractivity contribution in [3.63, 3.8) is 0 Å². The lowest BCUT2D eigenvalue weighted by molar-refractivity contribution is -0.139. The fourth-order valence-electron chi connectivity index (χ4n) is 1.89. The first kappa shape index (κ1) is 6.16. The van der Waals surface area contributed by atoms with Crippen LogP contribution in [0.1, 0.15) is 12.8 Å². The van der Waals surface area contributed by atoms with Gasteiger partial charge in [0.05, 0.1) is 0 Å². The smallest absolute Gasteiger partial charge is 0.242 e. The molecule has 1 spiro atoms.